The van der Waals surface area contributed by atoms with Gasteiger partial charge in [-0.05, 0) is 59.1 Å². The van der Waals surface area contributed by atoms with E-state index in [1.807, 2.05) is 0 Å². The number of nitrogens with one attached hydrogen (secondary N) is 2. The molecule has 4 heteroatoms. The molecule has 0 aromatic carbocycles. The molecule has 1 aromatic heterocycles. The Morgan fingerprint density at radius 1 is 1.25 bits per heavy atom. The van der Waals surface area contributed by atoms with Gasteiger partial charge < -0.3 is 10.6 Å². The van der Waals surface area contributed by atoms with Crippen LogP contribution in [0.25, 0.3) is 0 Å². The highest BCUT2D eigenvalue weighted by molar-refractivity contribution is 5.15. The monoisotopic (exact) mass is 279 g/mol. The van der Waals surface area contributed by atoms with Gasteiger partial charge in [0.2, 0.25) is 0 Å². The molecule has 3 nitrogen and oxygen atoms in total. The van der Waals surface area contributed by atoms with Gasteiger partial charge in [0.05, 0.1) is 6.20 Å². The zero-order valence-electron chi connectivity index (χ0n) is 13.1. The average Bonchev–Trinajstić information content (AvgIpc) is 2.24. The molecule has 1 aromatic rings. The number of hydrogen-bond donors (Lipinski definition) is 2. The van der Waals surface area contributed by atoms with Crippen molar-refractivity contribution in [1.29, 1.82) is 0 Å². The van der Waals surface area contributed by atoms with Crippen LogP contribution >= 0.6 is 0 Å². The highest BCUT2D eigenvalue weighted by atomic mass is 19.1. The minimum absolute atomic E-state index is 0.105. The van der Waals surface area contributed by atoms with Crippen molar-refractivity contribution >= 4 is 0 Å². The second-order valence-electron chi connectivity index (χ2n) is 7.32. The molecule has 0 aliphatic carbocycles. The standard InChI is InChI=1S/C16H26FN3/c1-11(12-6-13(17)10-18-9-12)19-14-7-15(2,3)20-16(4,5)8-14/h6,9-11,14,19-20H,7-8H2,1-5H3. The Labute approximate surface area is 121 Å². The number of halogens is 1. The maximum absolute atomic E-state index is 13.3. The van der Waals surface area contributed by atoms with Crippen LogP contribution in [0.3, 0.4) is 0 Å². The van der Waals surface area contributed by atoms with Gasteiger partial charge in [-0.2, -0.15) is 0 Å². The van der Waals surface area contributed by atoms with Gasteiger partial charge in [-0.25, -0.2) is 4.39 Å². The number of piperidine rings is 1. The second-order valence-corrected chi connectivity index (χ2v) is 7.32. The third kappa shape index (κ3) is 4.00. The van der Waals surface area contributed by atoms with Crippen molar-refractivity contribution in [2.24, 2.45) is 0 Å². The van der Waals surface area contributed by atoms with Gasteiger partial charge in [-0.15, -0.1) is 0 Å². The van der Waals surface area contributed by atoms with Crippen LogP contribution in [0.15, 0.2) is 18.5 Å². The van der Waals surface area contributed by atoms with Gasteiger partial charge in [0.1, 0.15) is 5.82 Å². The Balaban J connectivity index is 2.05. The molecule has 0 spiro atoms. The van der Waals surface area contributed by atoms with E-state index >= 15 is 0 Å². The summed E-state index contributed by atoms with van der Waals surface area (Å²) in [5.74, 6) is -0.276. The van der Waals surface area contributed by atoms with E-state index in [4.69, 9.17) is 0 Å². The van der Waals surface area contributed by atoms with Gasteiger partial charge in [0, 0.05) is 29.4 Å². The van der Waals surface area contributed by atoms with Crippen LogP contribution < -0.4 is 10.6 Å². The second kappa shape index (κ2) is 5.41. The Morgan fingerprint density at radius 2 is 1.85 bits per heavy atom. The lowest BCUT2D eigenvalue weighted by atomic mass is 9.79. The molecule has 1 fully saturated rings. The Kier molecular flexibility index (Phi) is 4.17. The topological polar surface area (TPSA) is 37.0 Å². The number of nitrogens with zero attached hydrogens (tertiary/aromatic N) is 1. The van der Waals surface area contributed by atoms with E-state index in [0.29, 0.717) is 6.04 Å². The number of aromatic nitrogens is 1. The van der Waals surface area contributed by atoms with E-state index < -0.39 is 0 Å². The van der Waals surface area contributed by atoms with Crippen LogP contribution in [0.4, 0.5) is 4.39 Å². The fraction of sp³-hybridized carbons (Fsp3) is 0.688. The molecular weight excluding hydrogens is 253 g/mol. The van der Waals surface area contributed by atoms with E-state index in [0.717, 1.165) is 18.4 Å². The highest BCUT2D eigenvalue weighted by Gasteiger charge is 2.37. The molecule has 0 amide bonds. The summed E-state index contributed by atoms with van der Waals surface area (Å²) in [6.45, 7) is 11.0. The summed E-state index contributed by atoms with van der Waals surface area (Å²) < 4.78 is 13.3. The summed E-state index contributed by atoms with van der Waals surface area (Å²) in [5.41, 5.74) is 1.12. The number of hydrogen-bond acceptors (Lipinski definition) is 3. The van der Waals surface area contributed by atoms with Gasteiger partial charge in [-0.3, -0.25) is 4.98 Å². The van der Waals surface area contributed by atoms with Crippen molar-refractivity contribution in [3.8, 4) is 0 Å². The molecule has 1 atom stereocenters. The Hall–Kier alpha value is -1.00. The van der Waals surface area contributed by atoms with Crippen LogP contribution in [0.1, 0.15) is 59.1 Å². The molecule has 0 bridgehead atoms. The van der Waals surface area contributed by atoms with Crippen molar-refractivity contribution < 1.29 is 4.39 Å². The predicted molar refractivity (Wildman–Crippen MR) is 80.1 cm³/mol. The lowest BCUT2D eigenvalue weighted by molar-refractivity contribution is 0.141. The minimum atomic E-state index is -0.276. The van der Waals surface area contributed by atoms with E-state index in [9.17, 15) is 4.39 Å². The summed E-state index contributed by atoms with van der Waals surface area (Å²) >= 11 is 0. The molecule has 1 saturated heterocycles. The zero-order chi connectivity index (χ0) is 15.0. The predicted octanol–water partition coefficient (Wildman–Crippen LogP) is 3.18. The minimum Gasteiger partial charge on any atom is -0.307 e. The molecular formula is C16H26FN3. The van der Waals surface area contributed by atoms with Gasteiger partial charge in [0.25, 0.3) is 0 Å². The van der Waals surface area contributed by atoms with E-state index in [2.05, 4.69) is 50.2 Å². The first-order chi connectivity index (χ1) is 9.17. The molecule has 2 rings (SSSR count). The summed E-state index contributed by atoms with van der Waals surface area (Å²) in [6.07, 6.45) is 5.10. The quantitative estimate of drug-likeness (QED) is 0.892. The van der Waals surface area contributed by atoms with Crippen LogP contribution in [-0.2, 0) is 0 Å². The van der Waals surface area contributed by atoms with Crippen molar-refractivity contribution in [1.82, 2.24) is 15.6 Å². The molecule has 20 heavy (non-hydrogen) atoms. The molecule has 0 saturated carbocycles. The van der Waals surface area contributed by atoms with Crippen LogP contribution in [0.2, 0.25) is 0 Å². The number of rotatable bonds is 3. The maximum atomic E-state index is 13.3. The van der Waals surface area contributed by atoms with Crippen molar-refractivity contribution in [3.63, 3.8) is 0 Å². The lowest BCUT2D eigenvalue weighted by Crippen LogP contribution is -2.61. The molecule has 1 unspecified atom stereocenters. The van der Waals surface area contributed by atoms with E-state index in [1.54, 1.807) is 12.3 Å². The van der Waals surface area contributed by atoms with E-state index in [1.165, 1.54) is 6.20 Å². The van der Waals surface area contributed by atoms with E-state index in [-0.39, 0.29) is 22.9 Å². The summed E-state index contributed by atoms with van der Waals surface area (Å²) in [7, 11) is 0. The van der Waals surface area contributed by atoms with Crippen LogP contribution in [0.5, 0.6) is 0 Å². The third-order valence-electron chi connectivity index (χ3n) is 3.90. The van der Waals surface area contributed by atoms with Crippen LogP contribution in [-0.4, -0.2) is 22.1 Å². The first kappa shape index (κ1) is 15.4. The first-order valence-corrected chi connectivity index (χ1v) is 7.33. The highest BCUT2D eigenvalue weighted by Crippen LogP contribution is 2.29. The fourth-order valence-electron chi connectivity index (χ4n) is 3.56. The van der Waals surface area contributed by atoms with Crippen molar-refractivity contribution in [3.05, 3.63) is 29.8 Å². The summed E-state index contributed by atoms with van der Waals surface area (Å²) in [6, 6.07) is 2.08. The molecule has 112 valence electrons. The molecule has 2 N–H and O–H groups in total. The van der Waals surface area contributed by atoms with Gasteiger partial charge >= 0.3 is 0 Å². The molecule has 1 aliphatic heterocycles. The largest absolute Gasteiger partial charge is 0.307 e. The summed E-state index contributed by atoms with van der Waals surface area (Å²) in [5, 5.41) is 7.30. The maximum Gasteiger partial charge on any atom is 0.141 e. The molecule has 0 radical (unpaired) electrons. The summed E-state index contributed by atoms with van der Waals surface area (Å²) in [4.78, 5) is 3.93. The van der Waals surface area contributed by atoms with Crippen molar-refractivity contribution in [2.75, 3.05) is 0 Å². The normalized spacial score (nSPS) is 23.5. The first-order valence-electron chi connectivity index (χ1n) is 7.33. The van der Waals surface area contributed by atoms with Gasteiger partial charge in [-0.1, -0.05) is 0 Å². The van der Waals surface area contributed by atoms with Crippen LogP contribution in [0, 0.1) is 5.82 Å². The van der Waals surface area contributed by atoms with Crippen molar-refractivity contribution in [2.45, 2.75) is 70.6 Å². The SMILES string of the molecule is CC(NC1CC(C)(C)NC(C)(C)C1)c1cncc(F)c1. The smallest absolute Gasteiger partial charge is 0.141 e. The number of pyridine rings is 1. The lowest BCUT2D eigenvalue weighted by Gasteiger charge is -2.47. The zero-order valence-corrected chi connectivity index (χ0v) is 13.1. The third-order valence-corrected chi connectivity index (χ3v) is 3.90. The van der Waals surface area contributed by atoms with Gasteiger partial charge in [0.15, 0.2) is 0 Å². The Morgan fingerprint density at radius 3 is 2.40 bits per heavy atom. The average molecular weight is 279 g/mol. The fourth-order valence-corrected chi connectivity index (χ4v) is 3.56. The molecule has 1 aliphatic rings. The Bertz CT molecular complexity index is 455. The molecule has 2 heterocycles.